The lowest BCUT2D eigenvalue weighted by Crippen LogP contribution is -2.05. The molecule has 2 rings (SSSR count). The van der Waals surface area contributed by atoms with Crippen molar-refractivity contribution in [3.63, 3.8) is 0 Å². The molecule has 0 aliphatic carbocycles. The predicted molar refractivity (Wildman–Crippen MR) is 55.0 cm³/mol. The van der Waals surface area contributed by atoms with Gasteiger partial charge in [-0.05, 0) is 17.2 Å². The average Bonchev–Trinajstić information content (AvgIpc) is 2.54. The lowest BCUT2D eigenvalue weighted by atomic mass is 9.99. The maximum absolute atomic E-state index is 11.5. The molecule has 3 nitrogen and oxygen atoms in total. The first kappa shape index (κ1) is 10.1. The molecular weight excluding hydrogens is 208 g/mol. The zero-order chi connectivity index (χ0) is 11.0. The minimum absolute atomic E-state index is 0.0680. The van der Waals surface area contributed by atoms with Gasteiger partial charge in [0.2, 0.25) is 0 Å². The van der Waals surface area contributed by atoms with E-state index in [4.69, 9.17) is 0 Å². The van der Waals surface area contributed by atoms with Crippen molar-refractivity contribution in [2.75, 3.05) is 0 Å². The number of hydrogen-bond donors (Lipinski definition) is 0. The Kier molecular flexibility index (Phi) is 2.44. The quantitative estimate of drug-likeness (QED) is 0.429. The highest BCUT2D eigenvalue weighted by Gasteiger charge is 2.32. The molecule has 0 saturated carbocycles. The van der Waals surface area contributed by atoms with Crippen LogP contribution >= 0.6 is 0 Å². The summed E-state index contributed by atoms with van der Waals surface area (Å²) in [5.41, 5.74) is 1.67. The lowest BCUT2D eigenvalue weighted by molar-refractivity contribution is 0.0443. The van der Waals surface area contributed by atoms with Crippen LogP contribution in [0.25, 0.3) is 0 Å². The van der Waals surface area contributed by atoms with E-state index in [0.717, 1.165) is 12.0 Å². The second-order valence-corrected chi connectivity index (χ2v) is 4.10. The summed E-state index contributed by atoms with van der Waals surface area (Å²) >= 11 is 0. The van der Waals surface area contributed by atoms with Crippen molar-refractivity contribution in [1.29, 1.82) is 0 Å². The van der Waals surface area contributed by atoms with E-state index in [0.29, 0.717) is 11.1 Å². The maximum Gasteiger partial charge on any atom is 0.347 e. The molecular formula is C11H9O3Si. The summed E-state index contributed by atoms with van der Waals surface area (Å²) in [6.45, 7) is 2.00. The zero-order valence-corrected chi connectivity index (χ0v) is 9.24. The topological polar surface area (TPSA) is 43.4 Å². The Bertz CT molecular complexity index is 439. The molecule has 0 amide bonds. The van der Waals surface area contributed by atoms with E-state index in [1.165, 1.54) is 0 Å². The smallest absolute Gasteiger partial charge is 0.347 e. The molecule has 1 aromatic rings. The van der Waals surface area contributed by atoms with Crippen LogP contribution < -0.4 is 0 Å². The summed E-state index contributed by atoms with van der Waals surface area (Å²) in [6.07, 6.45) is 0.842. The number of esters is 2. The van der Waals surface area contributed by atoms with Gasteiger partial charge in [-0.3, -0.25) is 0 Å². The van der Waals surface area contributed by atoms with E-state index in [1.54, 1.807) is 12.1 Å². The molecule has 0 spiro atoms. The van der Waals surface area contributed by atoms with E-state index in [2.05, 4.69) is 15.0 Å². The van der Waals surface area contributed by atoms with E-state index < -0.39 is 11.9 Å². The molecule has 1 aromatic carbocycles. The first-order chi connectivity index (χ1) is 7.15. The van der Waals surface area contributed by atoms with Gasteiger partial charge >= 0.3 is 11.9 Å². The number of hydrogen-bond acceptors (Lipinski definition) is 3. The number of cyclic esters (lactones) is 2. The Labute approximate surface area is 90.9 Å². The SMILES string of the molecule is CCC([Si])c1cccc2c1C(=O)OC2=O. The fraction of sp³-hybridized carbons (Fsp3) is 0.273. The Morgan fingerprint density at radius 2 is 2.07 bits per heavy atom. The van der Waals surface area contributed by atoms with Gasteiger partial charge in [0, 0.05) is 10.2 Å². The second kappa shape index (κ2) is 3.62. The number of carbonyl (C=O) groups is 2. The minimum Gasteiger partial charge on any atom is -0.386 e. The van der Waals surface area contributed by atoms with E-state index in [-0.39, 0.29) is 5.54 Å². The molecule has 3 radical (unpaired) electrons. The summed E-state index contributed by atoms with van der Waals surface area (Å²) in [4.78, 5) is 22.7. The van der Waals surface area contributed by atoms with E-state index in [9.17, 15) is 9.59 Å². The molecule has 0 bridgehead atoms. The Hall–Kier alpha value is -1.42. The van der Waals surface area contributed by atoms with Crippen LogP contribution in [-0.4, -0.2) is 22.2 Å². The van der Waals surface area contributed by atoms with Crippen molar-refractivity contribution in [2.45, 2.75) is 18.9 Å². The number of fused-ring (bicyclic) bond motifs is 1. The van der Waals surface area contributed by atoms with Crippen molar-refractivity contribution < 1.29 is 14.3 Å². The van der Waals surface area contributed by atoms with Gasteiger partial charge in [0.1, 0.15) is 0 Å². The molecule has 1 aliphatic rings. The third-order valence-corrected chi connectivity index (χ3v) is 3.21. The minimum atomic E-state index is -0.549. The Morgan fingerprint density at radius 3 is 2.73 bits per heavy atom. The van der Waals surface area contributed by atoms with Crippen LogP contribution in [0.1, 0.15) is 45.2 Å². The van der Waals surface area contributed by atoms with Crippen LogP contribution in [0.5, 0.6) is 0 Å². The summed E-state index contributed by atoms with van der Waals surface area (Å²) in [5.74, 6) is -1.09. The predicted octanol–water partition coefficient (Wildman–Crippen LogP) is 1.62. The normalized spacial score (nSPS) is 16.1. The Morgan fingerprint density at radius 1 is 1.33 bits per heavy atom. The van der Waals surface area contributed by atoms with Gasteiger partial charge in [-0.15, -0.1) is 0 Å². The van der Waals surface area contributed by atoms with Crippen molar-refractivity contribution in [3.05, 3.63) is 34.9 Å². The van der Waals surface area contributed by atoms with Gasteiger partial charge in [-0.25, -0.2) is 9.59 Å². The zero-order valence-electron chi connectivity index (χ0n) is 8.24. The molecule has 1 atom stereocenters. The molecule has 75 valence electrons. The third kappa shape index (κ3) is 1.50. The summed E-state index contributed by atoms with van der Waals surface area (Å²) in [5, 5.41) is 0. The fourth-order valence-electron chi connectivity index (χ4n) is 1.67. The second-order valence-electron chi connectivity index (χ2n) is 3.41. The van der Waals surface area contributed by atoms with Gasteiger partial charge in [0.15, 0.2) is 0 Å². The molecule has 0 fully saturated rings. The first-order valence-electron chi connectivity index (χ1n) is 4.75. The van der Waals surface area contributed by atoms with Crippen LogP contribution in [0.15, 0.2) is 18.2 Å². The van der Waals surface area contributed by atoms with Gasteiger partial charge in [0.05, 0.1) is 11.1 Å². The number of ether oxygens (including phenoxy) is 1. The fourth-order valence-corrected chi connectivity index (χ4v) is 1.91. The van der Waals surface area contributed by atoms with Crippen LogP contribution in [-0.2, 0) is 4.74 Å². The number of benzene rings is 1. The first-order valence-corrected chi connectivity index (χ1v) is 5.33. The largest absolute Gasteiger partial charge is 0.386 e. The maximum atomic E-state index is 11.5. The molecule has 1 heterocycles. The molecule has 1 unspecified atom stereocenters. The van der Waals surface area contributed by atoms with Gasteiger partial charge in [-0.2, -0.15) is 0 Å². The van der Waals surface area contributed by atoms with Gasteiger partial charge in [-0.1, -0.05) is 25.5 Å². The van der Waals surface area contributed by atoms with E-state index >= 15 is 0 Å². The molecule has 1 aliphatic heterocycles. The summed E-state index contributed by atoms with van der Waals surface area (Å²) in [6, 6.07) is 5.21. The van der Waals surface area contributed by atoms with Crippen molar-refractivity contribution in [3.8, 4) is 0 Å². The monoisotopic (exact) mass is 217 g/mol. The van der Waals surface area contributed by atoms with Gasteiger partial charge in [0.25, 0.3) is 0 Å². The number of rotatable bonds is 2. The number of carbonyl (C=O) groups excluding carboxylic acids is 2. The molecule has 0 N–H and O–H groups in total. The molecule has 0 saturated heterocycles. The van der Waals surface area contributed by atoms with Crippen LogP contribution in [0.2, 0.25) is 0 Å². The third-order valence-electron chi connectivity index (χ3n) is 2.49. The molecule has 15 heavy (non-hydrogen) atoms. The summed E-state index contributed by atoms with van der Waals surface area (Å²) < 4.78 is 4.57. The van der Waals surface area contributed by atoms with Crippen molar-refractivity contribution >= 4 is 22.2 Å². The highest BCUT2D eigenvalue weighted by Crippen LogP contribution is 2.28. The van der Waals surface area contributed by atoms with Crippen LogP contribution in [0, 0.1) is 0 Å². The molecule has 4 heteroatoms. The van der Waals surface area contributed by atoms with Crippen molar-refractivity contribution in [1.82, 2.24) is 0 Å². The standard InChI is InChI=1S/C11H9O3Si/c1-2-8(15)6-4-3-5-7-9(6)11(13)14-10(7)12/h3-5,8H,2H2,1H3. The van der Waals surface area contributed by atoms with Crippen molar-refractivity contribution in [2.24, 2.45) is 0 Å². The van der Waals surface area contributed by atoms with E-state index in [1.807, 2.05) is 13.0 Å². The highest BCUT2D eigenvalue weighted by atomic mass is 28.1. The Balaban J connectivity index is 2.60. The molecule has 0 aromatic heterocycles. The average molecular weight is 217 g/mol. The highest BCUT2D eigenvalue weighted by molar-refractivity contribution is 6.18. The van der Waals surface area contributed by atoms with Crippen LogP contribution in [0.3, 0.4) is 0 Å². The van der Waals surface area contributed by atoms with Crippen LogP contribution in [0.4, 0.5) is 0 Å². The van der Waals surface area contributed by atoms with Gasteiger partial charge < -0.3 is 4.74 Å². The lowest BCUT2D eigenvalue weighted by Gasteiger charge is -2.10. The summed E-state index contributed by atoms with van der Waals surface area (Å²) in [7, 11) is 3.52.